The van der Waals surface area contributed by atoms with Crippen LogP contribution in [0.15, 0.2) is 0 Å². The van der Waals surface area contributed by atoms with Gasteiger partial charge >= 0.3 is 0 Å². The Kier molecular flexibility index (Phi) is 6.22. The van der Waals surface area contributed by atoms with E-state index < -0.39 is 10.0 Å². The Morgan fingerprint density at radius 1 is 1.31 bits per heavy atom. The number of nitrogens with one attached hydrogen (secondary N) is 1. The van der Waals surface area contributed by atoms with Crippen molar-refractivity contribution in [2.45, 2.75) is 18.1 Å². The summed E-state index contributed by atoms with van der Waals surface area (Å²) < 4.78 is 36.3. The lowest BCUT2D eigenvalue weighted by atomic mass is 10.2. The first-order valence-corrected chi connectivity index (χ1v) is 7.05. The molecule has 7 heteroatoms. The fraction of sp³-hybridized carbons (Fsp3) is 1.00. The van der Waals surface area contributed by atoms with Crippen molar-refractivity contribution in [1.29, 1.82) is 0 Å². The van der Waals surface area contributed by atoms with Crippen LogP contribution < -0.4 is 10.5 Å². The monoisotopic (exact) mass is 252 g/mol. The Morgan fingerprint density at radius 3 is 2.62 bits per heavy atom. The van der Waals surface area contributed by atoms with E-state index in [-0.39, 0.29) is 5.25 Å². The number of sulfonamides is 1. The van der Waals surface area contributed by atoms with E-state index in [1.165, 1.54) is 0 Å². The molecule has 0 aromatic heterocycles. The van der Waals surface area contributed by atoms with E-state index in [1.54, 1.807) is 0 Å². The van der Waals surface area contributed by atoms with Gasteiger partial charge in [-0.15, -0.1) is 0 Å². The van der Waals surface area contributed by atoms with Crippen LogP contribution >= 0.6 is 0 Å². The Balaban J connectivity index is 2.22. The minimum atomic E-state index is -3.21. The minimum Gasteiger partial charge on any atom is -0.381 e. The van der Waals surface area contributed by atoms with E-state index in [4.69, 9.17) is 15.2 Å². The zero-order chi connectivity index (χ0) is 11.9. The molecule has 0 spiro atoms. The molecule has 0 aromatic rings. The molecule has 1 aliphatic heterocycles. The third kappa shape index (κ3) is 4.75. The molecule has 1 heterocycles. The number of hydrogen-bond acceptors (Lipinski definition) is 5. The first-order valence-electron chi connectivity index (χ1n) is 5.51. The molecule has 0 aromatic carbocycles. The molecule has 1 rings (SSSR count). The van der Waals surface area contributed by atoms with Crippen molar-refractivity contribution >= 4 is 10.0 Å². The van der Waals surface area contributed by atoms with Gasteiger partial charge in [-0.2, -0.15) is 0 Å². The molecule has 0 atom stereocenters. The van der Waals surface area contributed by atoms with Crippen LogP contribution in [0.4, 0.5) is 0 Å². The van der Waals surface area contributed by atoms with Crippen molar-refractivity contribution in [3.8, 4) is 0 Å². The highest BCUT2D eigenvalue weighted by atomic mass is 32.2. The van der Waals surface area contributed by atoms with Gasteiger partial charge in [0, 0.05) is 26.3 Å². The molecular weight excluding hydrogens is 232 g/mol. The predicted octanol–water partition coefficient (Wildman–Crippen LogP) is -0.940. The van der Waals surface area contributed by atoms with Crippen LogP contribution in [0.3, 0.4) is 0 Å². The van der Waals surface area contributed by atoms with Gasteiger partial charge in [0.25, 0.3) is 0 Å². The average Bonchev–Trinajstić information content (AvgIpc) is 2.30. The van der Waals surface area contributed by atoms with Gasteiger partial charge in [0.1, 0.15) is 0 Å². The van der Waals surface area contributed by atoms with E-state index in [2.05, 4.69) is 4.72 Å². The first-order chi connectivity index (χ1) is 7.67. The lowest BCUT2D eigenvalue weighted by Crippen LogP contribution is -2.39. The van der Waals surface area contributed by atoms with Crippen LogP contribution in [0.5, 0.6) is 0 Å². The van der Waals surface area contributed by atoms with Gasteiger partial charge in [0.2, 0.25) is 10.0 Å². The lowest BCUT2D eigenvalue weighted by Gasteiger charge is -2.22. The smallest absolute Gasteiger partial charge is 0.214 e. The zero-order valence-corrected chi connectivity index (χ0v) is 10.2. The SMILES string of the molecule is NCCOCCNS(=O)(=O)C1CCOCC1. The summed E-state index contributed by atoms with van der Waals surface area (Å²) in [6, 6.07) is 0. The van der Waals surface area contributed by atoms with Gasteiger partial charge in [-0.3, -0.25) is 0 Å². The summed E-state index contributed by atoms with van der Waals surface area (Å²) in [4.78, 5) is 0. The minimum absolute atomic E-state index is 0.305. The van der Waals surface area contributed by atoms with Crippen LogP contribution in [0.25, 0.3) is 0 Å². The van der Waals surface area contributed by atoms with E-state index >= 15 is 0 Å². The third-order valence-corrected chi connectivity index (χ3v) is 4.37. The molecule has 0 unspecified atom stereocenters. The van der Waals surface area contributed by atoms with Crippen molar-refractivity contribution in [2.24, 2.45) is 5.73 Å². The Morgan fingerprint density at radius 2 is 2.00 bits per heavy atom. The number of hydrogen-bond donors (Lipinski definition) is 2. The van der Waals surface area contributed by atoms with E-state index in [1.807, 2.05) is 0 Å². The highest BCUT2D eigenvalue weighted by Crippen LogP contribution is 2.14. The van der Waals surface area contributed by atoms with Gasteiger partial charge in [0.15, 0.2) is 0 Å². The second kappa shape index (κ2) is 7.18. The van der Waals surface area contributed by atoms with Crippen molar-refractivity contribution in [1.82, 2.24) is 4.72 Å². The van der Waals surface area contributed by atoms with Crippen LogP contribution in [0.1, 0.15) is 12.8 Å². The highest BCUT2D eigenvalue weighted by molar-refractivity contribution is 7.90. The van der Waals surface area contributed by atoms with Gasteiger partial charge in [-0.1, -0.05) is 0 Å². The summed E-state index contributed by atoms with van der Waals surface area (Å²) in [7, 11) is -3.21. The maximum Gasteiger partial charge on any atom is 0.214 e. The number of nitrogens with two attached hydrogens (primary N) is 1. The summed E-state index contributed by atoms with van der Waals surface area (Å²) in [5, 5.41) is -0.323. The molecule has 0 bridgehead atoms. The molecule has 0 aliphatic carbocycles. The number of rotatable bonds is 7. The maximum atomic E-state index is 11.8. The molecule has 16 heavy (non-hydrogen) atoms. The molecule has 1 saturated heterocycles. The summed E-state index contributed by atoms with van der Waals surface area (Å²) in [6.07, 6.45) is 1.14. The predicted molar refractivity (Wildman–Crippen MR) is 60.6 cm³/mol. The Bertz CT molecular complexity index is 275. The average molecular weight is 252 g/mol. The topological polar surface area (TPSA) is 90.6 Å². The fourth-order valence-electron chi connectivity index (χ4n) is 1.55. The van der Waals surface area contributed by atoms with Crippen LogP contribution in [0.2, 0.25) is 0 Å². The van der Waals surface area contributed by atoms with Gasteiger partial charge in [-0.05, 0) is 12.8 Å². The molecule has 1 fully saturated rings. The summed E-state index contributed by atoms with van der Waals surface area (Å²) in [6.45, 7) is 2.62. The first kappa shape index (κ1) is 13.9. The van der Waals surface area contributed by atoms with E-state index in [9.17, 15) is 8.42 Å². The molecule has 1 aliphatic rings. The number of ether oxygens (including phenoxy) is 2. The quantitative estimate of drug-likeness (QED) is 0.571. The van der Waals surface area contributed by atoms with Gasteiger partial charge in [0.05, 0.1) is 18.5 Å². The molecule has 0 amide bonds. The molecule has 96 valence electrons. The summed E-state index contributed by atoms with van der Waals surface area (Å²) >= 11 is 0. The van der Waals surface area contributed by atoms with Crippen LogP contribution in [-0.4, -0.2) is 53.2 Å². The van der Waals surface area contributed by atoms with Crippen molar-refractivity contribution in [3.05, 3.63) is 0 Å². The Hall–Kier alpha value is -0.210. The molecular formula is C9H20N2O4S. The van der Waals surface area contributed by atoms with Crippen molar-refractivity contribution < 1.29 is 17.9 Å². The molecule has 0 radical (unpaired) electrons. The molecule has 6 nitrogen and oxygen atoms in total. The highest BCUT2D eigenvalue weighted by Gasteiger charge is 2.26. The largest absolute Gasteiger partial charge is 0.381 e. The van der Waals surface area contributed by atoms with Crippen molar-refractivity contribution in [3.63, 3.8) is 0 Å². The Labute approximate surface area is 96.5 Å². The lowest BCUT2D eigenvalue weighted by molar-refractivity contribution is 0.0980. The maximum absolute atomic E-state index is 11.8. The second-order valence-corrected chi connectivity index (χ2v) is 5.70. The van der Waals surface area contributed by atoms with Gasteiger partial charge < -0.3 is 15.2 Å². The van der Waals surface area contributed by atoms with E-state index in [0.29, 0.717) is 52.4 Å². The second-order valence-electron chi connectivity index (χ2n) is 3.65. The van der Waals surface area contributed by atoms with Crippen LogP contribution in [-0.2, 0) is 19.5 Å². The summed E-state index contributed by atoms with van der Waals surface area (Å²) in [5.41, 5.74) is 5.24. The normalized spacial score (nSPS) is 18.8. The summed E-state index contributed by atoms with van der Waals surface area (Å²) in [5.74, 6) is 0. The zero-order valence-electron chi connectivity index (χ0n) is 9.35. The fourth-order valence-corrected chi connectivity index (χ4v) is 2.96. The van der Waals surface area contributed by atoms with Gasteiger partial charge in [-0.25, -0.2) is 13.1 Å². The third-order valence-electron chi connectivity index (χ3n) is 2.42. The molecule has 0 saturated carbocycles. The van der Waals surface area contributed by atoms with Crippen molar-refractivity contribution in [2.75, 3.05) is 39.5 Å². The van der Waals surface area contributed by atoms with Crippen LogP contribution in [0, 0.1) is 0 Å². The van der Waals surface area contributed by atoms with E-state index in [0.717, 1.165) is 0 Å². The molecule has 3 N–H and O–H groups in total. The standard InChI is InChI=1S/C9H20N2O4S/c10-3-7-15-8-4-11-16(12,13)9-1-5-14-6-2-9/h9,11H,1-8,10H2.